The van der Waals surface area contributed by atoms with E-state index in [-0.39, 0.29) is 36.1 Å². The molecule has 0 spiro atoms. The van der Waals surface area contributed by atoms with Crippen molar-refractivity contribution in [3.63, 3.8) is 0 Å². The smallest absolute Gasteiger partial charge is 0.193 e. The number of ether oxygens (including phenoxy) is 3. The Hall–Kier alpha value is -3.86. The number of rotatable bonds is 11. The molecule has 5 heteroatoms. The second-order valence-corrected chi connectivity index (χ2v) is 7.20. The first kappa shape index (κ1) is 22.8. The minimum absolute atomic E-state index is 0.156. The van der Waals surface area contributed by atoms with Crippen LogP contribution in [0.3, 0.4) is 0 Å². The molecule has 5 nitrogen and oxygen atoms in total. The van der Waals surface area contributed by atoms with Crippen molar-refractivity contribution in [2.75, 3.05) is 6.61 Å². The zero-order valence-electron chi connectivity index (χ0n) is 18.2. The third-order valence-electron chi connectivity index (χ3n) is 4.52. The van der Waals surface area contributed by atoms with Crippen LogP contribution in [0.2, 0.25) is 0 Å². The van der Waals surface area contributed by atoms with Crippen LogP contribution in [0.5, 0.6) is 17.2 Å². The maximum atomic E-state index is 12.9. The molecule has 3 rings (SSSR count). The van der Waals surface area contributed by atoms with E-state index in [1.165, 1.54) is 13.0 Å². The van der Waals surface area contributed by atoms with Crippen LogP contribution in [0.15, 0.2) is 84.9 Å². The number of hydrogen-bond donors (Lipinski definition) is 0. The molecule has 3 aromatic carbocycles. The van der Waals surface area contributed by atoms with E-state index in [9.17, 15) is 9.59 Å². The van der Waals surface area contributed by atoms with E-state index in [1.54, 1.807) is 25.1 Å². The molecule has 0 fully saturated rings. The number of allylic oxidation sites excluding steroid dienone is 2. The highest BCUT2D eigenvalue weighted by Crippen LogP contribution is 2.36. The molecule has 0 atom stereocenters. The van der Waals surface area contributed by atoms with Gasteiger partial charge in [0.1, 0.15) is 42.6 Å². The number of ketones is 2. The van der Waals surface area contributed by atoms with Gasteiger partial charge in [-0.2, -0.15) is 0 Å². The van der Waals surface area contributed by atoms with E-state index in [0.717, 1.165) is 11.1 Å². The SMILES string of the molecule is C/C=C/C(=O)c1c(OCC(C)=O)cc(OCc2ccccc2)cc1OCc1ccccc1. The van der Waals surface area contributed by atoms with Crippen LogP contribution in [0.4, 0.5) is 0 Å². The average molecular weight is 431 g/mol. The summed E-state index contributed by atoms with van der Waals surface area (Å²) in [5.74, 6) is 0.631. The van der Waals surface area contributed by atoms with Crippen molar-refractivity contribution < 1.29 is 23.8 Å². The second-order valence-electron chi connectivity index (χ2n) is 7.20. The second kappa shape index (κ2) is 11.5. The van der Waals surface area contributed by atoms with Gasteiger partial charge < -0.3 is 14.2 Å². The fourth-order valence-corrected chi connectivity index (χ4v) is 3.01. The molecule has 0 bridgehead atoms. The van der Waals surface area contributed by atoms with Crippen LogP contribution >= 0.6 is 0 Å². The first-order valence-electron chi connectivity index (χ1n) is 10.4. The van der Waals surface area contributed by atoms with Gasteiger partial charge in [-0.25, -0.2) is 0 Å². The zero-order valence-corrected chi connectivity index (χ0v) is 18.2. The third kappa shape index (κ3) is 6.57. The van der Waals surface area contributed by atoms with Crippen molar-refractivity contribution in [1.82, 2.24) is 0 Å². The summed E-state index contributed by atoms with van der Waals surface area (Å²) in [5.41, 5.74) is 2.21. The Morgan fingerprint density at radius 1 is 0.781 bits per heavy atom. The summed E-state index contributed by atoms with van der Waals surface area (Å²) in [6.45, 7) is 3.64. The summed E-state index contributed by atoms with van der Waals surface area (Å²) in [5, 5.41) is 0. The molecule has 0 aliphatic rings. The summed E-state index contributed by atoms with van der Waals surface area (Å²) >= 11 is 0. The van der Waals surface area contributed by atoms with Crippen molar-refractivity contribution in [2.24, 2.45) is 0 Å². The van der Waals surface area contributed by atoms with Gasteiger partial charge in [0.2, 0.25) is 0 Å². The number of carbonyl (C=O) groups excluding carboxylic acids is 2. The Balaban J connectivity index is 1.96. The lowest BCUT2D eigenvalue weighted by molar-refractivity contribution is -0.118. The fourth-order valence-electron chi connectivity index (χ4n) is 3.01. The molecule has 0 unspecified atom stereocenters. The summed E-state index contributed by atoms with van der Waals surface area (Å²) in [6.07, 6.45) is 3.09. The van der Waals surface area contributed by atoms with Gasteiger partial charge in [0.15, 0.2) is 11.6 Å². The molecule has 32 heavy (non-hydrogen) atoms. The van der Waals surface area contributed by atoms with E-state index in [1.807, 2.05) is 60.7 Å². The first-order valence-corrected chi connectivity index (χ1v) is 10.4. The lowest BCUT2D eigenvalue weighted by atomic mass is 10.1. The minimum Gasteiger partial charge on any atom is -0.489 e. The van der Waals surface area contributed by atoms with Gasteiger partial charge in [-0.3, -0.25) is 9.59 Å². The first-order chi connectivity index (χ1) is 15.6. The van der Waals surface area contributed by atoms with Gasteiger partial charge in [-0.05, 0) is 31.1 Å². The van der Waals surface area contributed by atoms with E-state index in [0.29, 0.717) is 18.1 Å². The predicted octanol–water partition coefficient (Wildman–Crippen LogP) is 5.57. The van der Waals surface area contributed by atoms with Crippen molar-refractivity contribution in [3.8, 4) is 17.2 Å². The summed E-state index contributed by atoms with van der Waals surface area (Å²) in [6, 6.07) is 22.7. The summed E-state index contributed by atoms with van der Waals surface area (Å²) in [7, 11) is 0. The Labute approximate surface area is 188 Å². The number of carbonyl (C=O) groups is 2. The maximum Gasteiger partial charge on any atom is 0.193 e. The van der Waals surface area contributed by atoms with Crippen LogP contribution in [-0.2, 0) is 18.0 Å². The van der Waals surface area contributed by atoms with Gasteiger partial charge in [0.25, 0.3) is 0 Å². The van der Waals surface area contributed by atoms with E-state index < -0.39 is 0 Å². The molecule has 0 radical (unpaired) electrons. The highest BCUT2D eigenvalue weighted by atomic mass is 16.5. The van der Waals surface area contributed by atoms with E-state index >= 15 is 0 Å². The molecule has 0 saturated carbocycles. The monoisotopic (exact) mass is 430 g/mol. The van der Waals surface area contributed by atoms with Crippen LogP contribution in [0, 0.1) is 0 Å². The van der Waals surface area contributed by atoms with Gasteiger partial charge >= 0.3 is 0 Å². The molecule has 0 amide bonds. The highest BCUT2D eigenvalue weighted by Gasteiger charge is 2.20. The maximum absolute atomic E-state index is 12.9. The van der Waals surface area contributed by atoms with Crippen molar-refractivity contribution in [3.05, 3.63) is 102 Å². The standard InChI is InChI=1S/C27H26O5/c1-3-10-24(29)27-25(31-17-20(2)28)15-23(30-18-21-11-6-4-7-12-21)16-26(27)32-19-22-13-8-5-9-14-22/h3-16H,17-19H2,1-2H3/b10-3+. The van der Waals surface area contributed by atoms with Gasteiger partial charge in [-0.15, -0.1) is 0 Å². The lowest BCUT2D eigenvalue weighted by Gasteiger charge is -2.17. The van der Waals surface area contributed by atoms with Crippen LogP contribution in [0.1, 0.15) is 35.3 Å². The fraction of sp³-hybridized carbons (Fsp3) is 0.185. The predicted molar refractivity (Wildman–Crippen MR) is 123 cm³/mol. The minimum atomic E-state index is -0.274. The molecule has 0 saturated heterocycles. The molecule has 0 aliphatic heterocycles. The van der Waals surface area contributed by atoms with Crippen molar-refractivity contribution >= 4 is 11.6 Å². The van der Waals surface area contributed by atoms with E-state index in [4.69, 9.17) is 14.2 Å². The molecule has 0 aromatic heterocycles. The normalized spacial score (nSPS) is 10.7. The molecule has 164 valence electrons. The van der Waals surface area contributed by atoms with Gasteiger partial charge in [0.05, 0.1) is 0 Å². The number of hydrogen-bond acceptors (Lipinski definition) is 5. The van der Waals surface area contributed by atoms with Gasteiger partial charge in [-0.1, -0.05) is 66.7 Å². The quantitative estimate of drug-likeness (QED) is 0.294. The number of Topliss-reactive ketones (excluding diaryl/α,β-unsaturated/α-hetero) is 1. The molecular formula is C27H26O5. The molecule has 3 aromatic rings. The average Bonchev–Trinajstić information content (AvgIpc) is 2.81. The Bertz CT molecular complexity index is 1070. The molecule has 0 N–H and O–H groups in total. The van der Waals surface area contributed by atoms with Crippen LogP contribution < -0.4 is 14.2 Å². The lowest BCUT2D eigenvalue weighted by Crippen LogP contribution is -2.11. The number of benzene rings is 3. The molecule has 0 aliphatic carbocycles. The van der Waals surface area contributed by atoms with Crippen LogP contribution in [0.25, 0.3) is 0 Å². The Kier molecular flexibility index (Phi) is 8.21. The zero-order chi connectivity index (χ0) is 22.8. The van der Waals surface area contributed by atoms with Gasteiger partial charge in [0, 0.05) is 12.1 Å². The summed E-state index contributed by atoms with van der Waals surface area (Å²) in [4.78, 5) is 24.4. The largest absolute Gasteiger partial charge is 0.489 e. The van der Waals surface area contributed by atoms with Crippen molar-refractivity contribution in [1.29, 1.82) is 0 Å². The van der Waals surface area contributed by atoms with Crippen LogP contribution in [-0.4, -0.2) is 18.2 Å². The third-order valence-corrected chi connectivity index (χ3v) is 4.52. The Morgan fingerprint density at radius 3 is 1.84 bits per heavy atom. The molecule has 0 heterocycles. The topological polar surface area (TPSA) is 61.8 Å². The molecular weight excluding hydrogens is 404 g/mol. The Morgan fingerprint density at radius 2 is 1.31 bits per heavy atom. The van der Waals surface area contributed by atoms with E-state index in [2.05, 4.69) is 0 Å². The summed E-state index contributed by atoms with van der Waals surface area (Å²) < 4.78 is 17.7. The highest BCUT2D eigenvalue weighted by molar-refractivity contribution is 6.08. The van der Waals surface area contributed by atoms with Crippen molar-refractivity contribution in [2.45, 2.75) is 27.1 Å².